The van der Waals surface area contributed by atoms with Gasteiger partial charge in [0.15, 0.2) is 0 Å². The third kappa shape index (κ3) is 6.20. The lowest BCUT2D eigenvalue weighted by Crippen LogP contribution is -2.30. The van der Waals surface area contributed by atoms with Gasteiger partial charge in [0.2, 0.25) is 0 Å². The Morgan fingerprint density at radius 1 is 0.828 bits per heavy atom. The van der Waals surface area contributed by atoms with Crippen molar-refractivity contribution < 1.29 is 9.59 Å². The monoisotopic (exact) mass is 428 g/mol. The molecule has 8 heteroatoms. The lowest BCUT2D eigenvalue weighted by Gasteiger charge is -2.09. The summed E-state index contributed by atoms with van der Waals surface area (Å²) in [4.78, 5) is 28.0. The van der Waals surface area contributed by atoms with Crippen LogP contribution in [0.5, 0.6) is 0 Å². The van der Waals surface area contributed by atoms with E-state index >= 15 is 0 Å². The van der Waals surface area contributed by atoms with Crippen molar-refractivity contribution in [2.24, 2.45) is 0 Å². The zero-order valence-corrected chi connectivity index (χ0v) is 16.8. The number of nitrogens with one attached hydrogen (secondary N) is 3. The van der Waals surface area contributed by atoms with Gasteiger partial charge in [0.1, 0.15) is 0 Å². The van der Waals surface area contributed by atoms with Crippen LogP contribution in [0.3, 0.4) is 0 Å². The molecule has 0 atom stereocenters. The highest BCUT2D eigenvalue weighted by atomic mass is 35.5. The van der Waals surface area contributed by atoms with Crippen LogP contribution in [0.4, 0.5) is 16.2 Å². The molecule has 2 aromatic carbocycles. The molecule has 0 radical (unpaired) electrons. The fourth-order valence-electron chi connectivity index (χ4n) is 2.53. The Kier molecular flexibility index (Phi) is 7.05. The number of nitrogens with zero attached hydrogens (tertiary/aromatic N) is 1. The van der Waals surface area contributed by atoms with E-state index in [-0.39, 0.29) is 11.9 Å². The Labute approximate surface area is 178 Å². The zero-order chi connectivity index (χ0) is 20.6. The van der Waals surface area contributed by atoms with Gasteiger partial charge in [0.05, 0.1) is 10.0 Å². The van der Waals surface area contributed by atoms with Crippen molar-refractivity contribution in [3.63, 3.8) is 0 Å². The van der Waals surface area contributed by atoms with E-state index in [1.165, 1.54) is 0 Å². The van der Waals surface area contributed by atoms with E-state index in [2.05, 4.69) is 20.9 Å². The van der Waals surface area contributed by atoms with Crippen molar-refractivity contribution in [1.82, 2.24) is 10.3 Å². The van der Waals surface area contributed by atoms with E-state index in [9.17, 15) is 9.59 Å². The zero-order valence-electron chi connectivity index (χ0n) is 15.3. The molecule has 3 rings (SSSR count). The highest BCUT2D eigenvalue weighted by Gasteiger charge is 2.06. The van der Waals surface area contributed by atoms with E-state index in [4.69, 9.17) is 23.2 Å². The van der Waals surface area contributed by atoms with Crippen LogP contribution in [-0.4, -0.2) is 23.5 Å². The van der Waals surface area contributed by atoms with Crippen LogP contribution >= 0.6 is 23.2 Å². The van der Waals surface area contributed by atoms with E-state index in [0.29, 0.717) is 39.9 Å². The van der Waals surface area contributed by atoms with Gasteiger partial charge in [-0.1, -0.05) is 35.3 Å². The molecule has 29 heavy (non-hydrogen) atoms. The summed E-state index contributed by atoms with van der Waals surface area (Å²) in [5, 5.41) is 9.11. The summed E-state index contributed by atoms with van der Waals surface area (Å²) >= 11 is 11.8. The number of amides is 3. The van der Waals surface area contributed by atoms with E-state index in [0.717, 1.165) is 5.56 Å². The van der Waals surface area contributed by atoms with Gasteiger partial charge >= 0.3 is 6.03 Å². The van der Waals surface area contributed by atoms with Gasteiger partial charge in [-0.2, -0.15) is 0 Å². The lowest BCUT2D eigenvalue weighted by molar-refractivity contribution is 0.102. The quantitative estimate of drug-likeness (QED) is 0.516. The highest BCUT2D eigenvalue weighted by Crippen LogP contribution is 2.24. The number of aromatic nitrogens is 1. The molecular weight excluding hydrogens is 411 g/mol. The first-order chi connectivity index (χ1) is 14.0. The first kappa shape index (κ1) is 20.6. The van der Waals surface area contributed by atoms with Crippen molar-refractivity contribution in [3.05, 3.63) is 88.2 Å². The molecule has 3 amide bonds. The average Bonchev–Trinajstić information content (AvgIpc) is 2.72. The van der Waals surface area contributed by atoms with Crippen molar-refractivity contribution in [2.75, 3.05) is 17.2 Å². The van der Waals surface area contributed by atoms with Crippen LogP contribution in [0.15, 0.2) is 67.0 Å². The number of halogens is 2. The van der Waals surface area contributed by atoms with Crippen LogP contribution in [0.2, 0.25) is 10.0 Å². The molecule has 0 aliphatic heterocycles. The largest absolute Gasteiger partial charge is 0.338 e. The maximum absolute atomic E-state index is 12.1. The average molecular weight is 429 g/mol. The van der Waals surface area contributed by atoms with E-state index in [1.54, 1.807) is 42.7 Å². The maximum Gasteiger partial charge on any atom is 0.319 e. The first-order valence-electron chi connectivity index (χ1n) is 8.81. The van der Waals surface area contributed by atoms with Crippen molar-refractivity contribution in [1.29, 1.82) is 0 Å². The minimum absolute atomic E-state index is 0.194. The van der Waals surface area contributed by atoms with Crippen molar-refractivity contribution in [2.45, 2.75) is 6.42 Å². The molecule has 0 saturated heterocycles. The van der Waals surface area contributed by atoms with Crippen LogP contribution in [0, 0.1) is 0 Å². The van der Waals surface area contributed by atoms with Gasteiger partial charge in [0, 0.05) is 35.9 Å². The highest BCUT2D eigenvalue weighted by molar-refractivity contribution is 6.42. The van der Waals surface area contributed by atoms with Gasteiger partial charge in [-0.15, -0.1) is 0 Å². The summed E-state index contributed by atoms with van der Waals surface area (Å²) in [6.45, 7) is 0.454. The van der Waals surface area contributed by atoms with Crippen molar-refractivity contribution >= 4 is 46.5 Å². The van der Waals surface area contributed by atoms with Gasteiger partial charge in [-0.3, -0.25) is 9.78 Å². The topological polar surface area (TPSA) is 83.1 Å². The molecule has 6 nitrogen and oxygen atoms in total. The molecule has 0 spiro atoms. The minimum Gasteiger partial charge on any atom is -0.338 e. The Balaban J connectivity index is 1.44. The second-order valence-electron chi connectivity index (χ2n) is 6.15. The fourth-order valence-corrected chi connectivity index (χ4v) is 2.83. The maximum atomic E-state index is 12.1. The number of urea groups is 1. The third-order valence-electron chi connectivity index (χ3n) is 4.03. The summed E-state index contributed by atoms with van der Waals surface area (Å²) in [5.41, 5.74) is 2.83. The van der Waals surface area contributed by atoms with Gasteiger partial charge < -0.3 is 16.0 Å². The Hall–Kier alpha value is -3.09. The molecule has 3 N–H and O–H groups in total. The second kappa shape index (κ2) is 9.91. The molecule has 1 heterocycles. The summed E-state index contributed by atoms with van der Waals surface area (Å²) in [6.07, 6.45) is 3.79. The third-order valence-corrected chi connectivity index (χ3v) is 4.77. The molecule has 0 saturated carbocycles. The Morgan fingerprint density at radius 2 is 1.52 bits per heavy atom. The molecule has 0 bridgehead atoms. The normalized spacial score (nSPS) is 10.3. The van der Waals surface area contributed by atoms with Crippen LogP contribution < -0.4 is 16.0 Å². The Bertz CT molecular complexity index is 995. The van der Waals surface area contributed by atoms with E-state index < -0.39 is 0 Å². The molecule has 0 unspecified atom stereocenters. The molecule has 148 valence electrons. The van der Waals surface area contributed by atoms with Crippen LogP contribution in [-0.2, 0) is 6.42 Å². The summed E-state index contributed by atoms with van der Waals surface area (Å²) in [7, 11) is 0. The molecule has 1 aromatic heterocycles. The summed E-state index contributed by atoms with van der Waals surface area (Å²) in [6, 6.07) is 15.3. The number of pyridine rings is 1. The van der Waals surface area contributed by atoms with Crippen LogP contribution in [0.25, 0.3) is 0 Å². The number of hydrogen-bond acceptors (Lipinski definition) is 3. The number of carbonyl (C=O) groups is 2. The molecule has 0 aliphatic carbocycles. The fraction of sp³-hybridized carbons (Fsp3) is 0.0952. The van der Waals surface area contributed by atoms with E-state index in [1.807, 2.05) is 24.3 Å². The molecular formula is C21H18Cl2N4O2. The predicted octanol–water partition coefficient (Wildman–Crippen LogP) is 5.00. The van der Waals surface area contributed by atoms with Gasteiger partial charge in [0.25, 0.3) is 5.91 Å². The number of carbonyl (C=O) groups excluding carboxylic acids is 2. The first-order valence-corrected chi connectivity index (χ1v) is 9.57. The second-order valence-corrected chi connectivity index (χ2v) is 6.96. The number of anilines is 2. The molecule has 0 fully saturated rings. The number of rotatable bonds is 6. The van der Waals surface area contributed by atoms with Crippen molar-refractivity contribution in [3.8, 4) is 0 Å². The summed E-state index contributed by atoms with van der Waals surface area (Å²) < 4.78 is 0. The molecule has 0 aliphatic rings. The number of benzene rings is 2. The Morgan fingerprint density at radius 3 is 2.21 bits per heavy atom. The molecule has 3 aromatic rings. The SMILES string of the molecule is O=C(NCCc1ccc(NC(=O)c2ccncc2)cc1)Nc1ccc(Cl)c(Cl)c1. The smallest absolute Gasteiger partial charge is 0.319 e. The standard InChI is InChI=1S/C21H18Cl2N4O2/c22-18-6-5-17(13-19(18)23)27-21(29)25-12-7-14-1-3-16(4-2-14)26-20(28)15-8-10-24-11-9-15/h1-6,8-11,13H,7,12H2,(H,26,28)(H2,25,27,29). The number of hydrogen-bond donors (Lipinski definition) is 3. The predicted molar refractivity (Wildman–Crippen MR) is 116 cm³/mol. The van der Waals surface area contributed by atoms with Crippen LogP contribution in [0.1, 0.15) is 15.9 Å². The van der Waals surface area contributed by atoms with Gasteiger partial charge in [-0.05, 0) is 54.4 Å². The summed E-state index contributed by atoms with van der Waals surface area (Å²) in [5.74, 6) is -0.194. The van der Waals surface area contributed by atoms with Gasteiger partial charge in [-0.25, -0.2) is 4.79 Å². The minimum atomic E-state index is -0.329. The lowest BCUT2D eigenvalue weighted by atomic mass is 10.1.